The second-order valence-electron chi connectivity index (χ2n) is 4.90. The lowest BCUT2D eigenvalue weighted by Crippen LogP contribution is -2.50. The quantitative estimate of drug-likeness (QED) is 0.632. The van der Waals surface area contributed by atoms with Crippen molar-refractivity contribution in [2.24, 2.45) is 18.5 Å². The van der Waals surface area contributed by atoms with Crippen molar-refractivity contribution < 1.29 is 14.7 Å². The molecular weight excluding hydrogens is 250 g/mol. The van der Waals surface area contributed by atoms with Crippen LogP contribution in [0.5, 0.6) is 0 Å². The van der Waals surface area contributed by atoms with Crippen LogP contribution in [0.1, 0.15) is 22.5 Å². The number of hydrogen-bond acceptors (Lipinski definition) is 5. The number of hydrogen-bond donors (Lipinski definition) is 3. The van der Waals surface area contributed by atoms with E-state index in [1.54, 1.807) is 18.9 Å². The van der Waals surface area contributed by atoms with Crippen molar-refractivity contribution >= 4 is 17.7 Å². The molecule has 1 unspecified atom stereocenters. The molecule has 8 heteroatoms. The number of aryl methyl sites for hydroxylation is 2. The second-order valence-corrected chi connectivity index (χ2v) is 4.90. The Bertz CT molecular complexity index is 553. The number of nitrogens with two attached hydrogens (primary N) is 2. The van der Waals surface area contributed by atoms with Crippen LogP contribution in [0, 0.1) is 6.92 Å². The highest BCUT2D eigenvalue weighted by Gasteiger charge is 2.43. The van der Waals surface area contributed by atoms with Gasteiger partial charge in [-0.05, 0) is 13.3 Å². The van der Waals surface area contributed by atoms with E-state index in [0.717, 1.165) is 0 Å². The Hall–Kier alpha value is -2.09. The monoisotopic (exact) mass is 267 g/mol. The smallest absolute Gasteiger partial charge is 0.325 e. The summed E-state index contributed by atoms with van der Waals surface area (Å²) in [7, 11) is 1.69. The summed E-state index contributed by atoms with van der Waals surface area (Å²) in [6.07, 6.45) is 0.310. The second kappa shape index (κ2) is 4.23. The van der Waals surface area contributed by atoms with Gasteiger partial charge in [0.25, 0.3) is 5.91 Å². The standard InChI is InChI=1S/C11H17N5O3/c1-6-7(8(12)17)9(15(2)14-6)16-4-3-11(13,5-16)10(18)19/h3-5,13H2,1-2H3,(H2,12,17)(H,18,19). The Labute approximate surface area is 110 Å². The van der Waals surface area contributed by atoms with Crippen LogP contribution in [0.15, 0.2) is 0 Å². The minimum absolute atomic E-state index is 0.127. The van der Waals surface area contributed by atoms with Crippen LogP contribution >= 0.6 is 0 Å². The van der Waals surface area contributed by atoms with Crippen LogP contribution in [0.25, 0.3) is 0 Å². The lowest BCUT2D eigenvalue weighted by Gasteiger charge is -2.22. The van der Waals surface area contributed by atoms with Gasteiger partial charge in [0.1, 0.15) is 16.9 Å². The van der Waals surface area contributed by atoms with Gasteiger partial charge >= 0.3 is 5.97 Å². The Balaban J connectivity index is 2.40. The van der Waals surface area contributed by atoms with Crippen LogP contribution < -0.4 is 16.4 Å². The van der Waals surface area contributed by atoms with Crippen molar-refractivity contribution in [1.29, 1.82) is 0 Å². The zero-order valence-electron chi connectivity index (χ0n) is 10.9. The van der Waals surface area contributed by atoms with Gasteiger partial charge in [-0.3, -0.25) is 14.3 Å². The fraction of sp³-hybridized carbons (Fsp3) is 0.545. The van der Waals surface area contributed by atoms with E-state index in [1.807, 2.05) is 0 Å². The first kappa shape index (κ1) is 13.3. The van der Waals surface area contributed by atoms with Crippen LogP contribution in [0.3, 0.4) is 0 Å². The van der Waals surface area contributed by atoms with Gasteiger partial charge in [-0.25, -0.2) is 0 Å². The van der Waals surface area contributed by atoms with E-state index in [0.29, 0.717) is 30.0 Å². The maximum Gasteiger partial charge on any atom is 0.325 e. The number of carbonyl (C=O) groups is 2. The van der Waals surface area contributed by atoms with Crippen LogP contribution in [0.4, 0.5) is 5.82 Å². The number of aromatic nitrogens is 2. The van der Waals surface area contributed by atoms with Crippen LogP contribution in [0.2, 0.25) is 0 Å². The molecule has 1 fully saturated rings. The maximum atomic E-state index is 11.5. The molecule has 104 valence electrons. The number of carboxylic acids is 1. The molecular formula is C11H17N5O3. The lowest BCUT2D eigenvalue weighted by molar-refractivity contribution is -0.142. The van der Waals surface area contributed by atoms with Crippen molar-refractivity contribution in [3.05, 3.63) is 11.3 Å². The van der Waals surface area contributed by atoms with E-state index in [1.165, 1.54) is 4.68 Å². The Morgan fingerprint density at radius 1 is 1.47 bits per heavy atom. The Morgan fingerprint density at radius 2 is 2.11 bits per heavy atom. The average molecular weight is 267 g/mol. The molecule has 2 heterocycles. The summed E-state index contributed by atoms with van der Waals surface area (Å²) in [5.41, 5.74) is 10.7. The lowest BCUT2D eigenvalue weighted by atomic mass is 10.0. The van der Waals surface area contributed by atoms with Gasteiger partial charge in [-0.15, -0.1) is 0 Å². The predicted molar refractivity (Wildman–Crippen MR) is 67.8 cm³/mol. The summed E-state index contributed by atoms with van der Waals surface area (Å²) in [6.45, 7) is 2.26. The summed E-state index contributed by atoms with van der Waals surface area (Å²) < 4.78 is 1.53. The van der Waals surface area contributed by atoms with Gasteiger partial charge in [0.05, 0.1) is 5.69 Å². The maximum absolute atomic E-state index is 11.5. The summed E-state index contributed by atoms with van der Waals surface area (Å²) in [4.78, 5) is 24.4. The fourth-order valence-electron chi connectivity index (χ4n) is 2.49. The molecule has 1 aromatic rings. The molecule has 0 aliphatic carbocycles. The zero-order valence-corrected chi connectivity index (χ0v) is 10.9. The van der Waals surface area contributed by atoms with Gasteiger partial charge in [0.15, 0.2) is 0 Å². The topological polar surface area (TPSA) is 127 Å². The highest BCUT2D eigenvalue weighted by atomic mass is 16.4. The normalized spacial score (nSPS) is 22.8. The van der Waals surface area contributed by atoms with Crippen molar-refractivity contribution in [2.75, 3.05) is 18.0 Å². The first-order valence-electron chi connectivity index (χ1n) is 5.87. The number of carbonyl (C=O) groups excluding carboxylic acids is 1. The molecule has 0 aromatic carbocycles. The molecule has 0 spiro atoms. The summed E-state index contributed by atoms with van der Waals surface area (Å²) in [6, 6.07) is 0. The van der Waals surface area contributed by atoms with Gasteiger partial charge in [-0.2, -0.15) is 5.10 Å². The first-order valence-corrected chi connectivity index (χ1v) is 5.87. The van der Waals surface area contributed by atoms with Crippen molar-refractivity contribution in [3.8, 4) is 0 Å². The summed E-state index contributed by atoms with van der Waals surface area (Å²) >= 11 is 0. The van der Waals surface area contributed by atoms with E-state index in [-0.39, 0.29) is 6.54 Å². The summed E-state index contributed by atoms with van der Waals surface area (Å²) in [5, 5.41) is 13.3. The van der Waals surface area contributed by atoms with E-state index < -0.39 is 17.4 Å². The number of amides is 1. The van der Waals surface area contributed by atoms with Crippen LogP contribution in [-0.4, -0.2) is 45.4 Å². The molecule has 1 aromatic heterocycles. The SMILES string of the molecule is Cc1nn(C)c(N2CCC(N)(C(=O)O)C2)c1C(N)=O. The molecule has 1 saturated heterocycles. The van der Waals surface area contributed by atoms with Crippen molar-refractivity contribution in [1.82, 2.24) is 9.78 Å². The molecule has 0 radical (unpaired) electrons. The number of aliphatic carboxylic acids is 1. The average Bonchev–Trinajstić information content (AvgIpc) is 2.80. The van der Waals surface area contributed by atoms with Gasteiger partial charge < -0.3 is 21.5 Å². The van der Waals surface area contributed by atoms with E-state index in [4.69, 9.17) is 16.6 Å². The van der Waals surface area contributed by atoms with Crippen molar-refractivity contribution in [3.63, 3.8) is 0 Å². The van der Waals surface area contributed by atoms with Gasteiger partial charge in [0.2, 0.25) is 0 Å². The van der Waals surface area contributed by atoms with Gasteiger partial charge in [0, 0.05) is 20.1 Å². The minimum Gasteiger partial charge on any atom is -0.480 e. The largest absolute Gasteiger partial charge is 0.480 e. The Morgan fingerprint density at radius 3 is 2.58 bits per heavy atom. The third-order valence-electron chi connectivity index (χ3n) is 3.46. The fourth-order valence-corrected chi connectivity index (χ4v) is 2.49. The molecule has 8 nitrogen and oxygen atoms in total. The van der Waals surface area contributed by atoms with E-state index in [9.17, 15) is 9.59 Å². The summed E-state index contributed by atoms with van der Waals surface area (Å²) in [5.74, 6) is -1.10. The first-order chi connectivity index (χ1) is 8.76. The third kappa shape index (κ3) is 2.03. The molecule has 0 bridgehead atoms. The van der Waals surface area contributed by atoms with Crippen LogP contribution in [-0.2, 0) is 11.8 Å². The number of nitrogens with zero attached hydrogens (tertiary/aromatic N) is 3. The minimum atomic E-state index is -1.30. The molecule has 1 amide bonds. The van der Waals surface area contributed by atoms with E-state index in [2.05, 4.69) is 5.10 Å². The van der Waals surface area contributed by atoms with Gasteiger partial charge in [-0.1, -0.05) is 0 Å². The zero-order chi connectivity index (χ0) is 14.4. The number of anilines is 1. The number of rotatable bonds is 3. The number of primary amides is 1. The molecule has 5 N–H and O–H groups in total. The number of carboxylic acid groups (broad SMARTS) is 1. The molecule has 1 aliphatic rings. The highest BCUT2D eigenvalue weighted by molar-refractivity contribution is 5.99. The highest BCUT2D eigenvalue weighted by Crippen LogP contribution is 2.29. The molecule has 0 saturated carbocycles. The molecule has 19 heavy (non-hydrogen) atoms. The molecule has 2 rings (SSSR count). The van der Waals surface area contributed by atoms with Crippen molar-refractivity contribution in [2.45, 2.75) is 18.9 Å². The Kier molecular flexibility index (Phi) is 2.97. The molecule has 1 atom stereocenters. The predicted octanol–water partition coefficient (Wildman–Crippen LogP) is -1.18. The third-order valence-corrected chi connectivity index (χ3v) is 3.46. The molecule has 1 aliphatic heterocycles. The van der Waals surface area contributed by atoms with E-state index >= 15 is 0 Å².